The number of amides is 1. The fraction of sp³-hybridized carbons (Fsp3) is 0.533. The number of hydrogen-bond acceptors (Lipinski definition) is 2. The predicted octanol–water partition coefficient (Wildman–Crippen LogP) is 2.24. The Labute approximate surface area is 117 Å². The highest BCUT2D eigenvalue weighted by Gasteiger charge is 2.29. The zero-order chi connectivity index (χ0) is 14.7. The van der Waals surface area contributed by atoms with Crippen LogP contribution in [0.15, 0.2) is 18.2 Å². The van der Waals surface area contributed by atoms with E-state index in [9.17, 15) is 13.6 Å². The van der Waals surface area contributed by atoms with Gasteiger partial charge in [0.2, 0.25) is 5.91 Å². The quantitative estimate of drug-likeness (QED) is 0.924. The lowest BCUT2D eigenvalue weighted by atomic mass is 9.96. The summed E-state index contributed by atoms with van der Waals surface area (Å²) in [7, 11) is 0. The summed E-state index contributed by atoms with van der Waals surface area (Å²) in [4.78, 5) is 14.0. The van der Waals surface area contributed by atoms with Crippen LogP contribution in [0.3, 0.4) is 0 Å². The maximum Gasteiger partial charge on any atom is 0.227 e. The molecule has 2 rings (SSSR count). The molecule has 110 valence electrons. The fourth-order valence-electron chi connectivity index (χ4n) is 2.76. The van der Waals surface area contributed by atoms with Gasteiger partial charge in [-0.1, -0.05) is 0 Å². The smallest absolute Gasteiger partial charge is 0.227 e. The number of nitrogens with zero attached hydrogens (tertiary/aromatic N) is 1. The Hall–Kier alpha value is -1.49. The Balaban J connectivity index is 2.12. The van der Waals surface area contributed by atoms with Crippen molar-refractivity contribution in [2.75, 3.05) is 6.54 Å². The molecular weight excluding hydrogens is 262 g/mol. The van der Waals surface area contributed by atoms with Gasteiger partial charge in [-0.25, -0.2) is 8.78 Å². The van der Waals surface area contributed by atoms with Gasteiger partial charge in [0.05, 0.1) is 6.42 Å². The van der Waals surface area contributed by atoms with Gasteiger partial charge in [0.15, 0.2) is 0 Å². The lowest BCUT2D eigenvalue weighted by Crippen LogP contribution is -2.52. The van der Waals surface area contributed by atoms with E-state index in [1.807, 2.05) is 6.92 Å². The molecule has 1 aromatic carbocycles. The third kappa shape index (κ3) is 3.33. The Morgan fingerprint density at radius 1 is 1.45 bits per heavy atom. The monoisotopic (exact) mass is 282 g/mol. The Kier molecular flexibility index (Phi) is 4.70. The van der Waals surface area contributed by atoms with Gasteiger partial charge >= 0.3 is 0 Å². The van der Waals surface area contributed by atoms with Crippen LogP contribution in [0.25, 0.3) is 0 Å². The normalized spacial score (nSPS) is 20.8. The molecule has 0 radical (unpaired) electrons. The third-order valence-corrected chi connectivity index (χ3v) is 3.83. The summed E-state index contributed by atoms with van der Waals surface area (Å²) in [6.07, 6.45) is 2.73. The van der Waals surface area contributed by atoms with Crippen LogP contribution in [-0.2, 0) is 11.2 Å². The second-order valence-electron chi connectivity index (χ2n) is 5.42. The number of hydrogen-bond donors (Lipinski definition) is 1. The molecule has 20 heavy (non-hydrogen) atoms. The second-order valence-corrected chi connectivity index (χ2v) is 5.42. The number of rotatable bonds is 3. The highest BCUT2D eigenvalue weighted by Crippen LogP contribution is 2.21. The topological polar surface area (TPSA) is 46.3 Å². The van der Waals surface area contributed by atoms with Crippen molar-refractivity contribution in [2.45, 2.75) is 44.7 Å². The summed E-state index contributed by atoms with van der Waals surface area (Å²) in [5.74, 6) is -1.26. The lowest BCUT2D eigenvalue weighted by Gasteiger charge is -2.38. The molecule has 1 amide bonds. The summed E-state index contributed by atoms with van der Waals surface area (Å²) >= 11 is 0. The molecule has 0 aromatic heterocycles. The number of benzene rings is 1. The number of carbonyl (C=O) groups excluding carboxylic acids is 1. The highest BCUT2D eigenvalue weighted by molar-refractivity contribution is 5.79. The molecule has 1 aliphatic rings. The molecule has 0 bridgehead atoms. The van der Waals surface area contributed by atoms with E-state index in [2.05, 4.69) is 0 Å². The van der Waals surface area contributed by atoms with Crippen LogP contribution in [0.1, 0.15) is 31.7 Å². The van der Waals surface area contributed by atoms with Crippen LogP contribution < -0.4 is 5.73 Å². The van der Waals surface area contributed by atoms with Crippen molar-refractivity contribution in [1.29, 1.82) is 0 Å². The molecule has 3 nitrogen and oxygen atoms in total. The van der Waals surface area contributed by atoms with E-state index in [1.54, 1.807) is 4.90 Å². The number of likely N-dealkylation sites (tertiary alicyclic amines) is 1. The van der Waals surface area contributed by atoms with Gasteiger partial charge in [0.25, 0.3) is 0 Å². The van der Waals surface area contributed by atoms with E-state index >= 15 is 0 Å². The Morgan fingerprint density at radius 2 is 2.20 bits per heavy atom. The summed E-state index contributed by atoms with van der Waals surface area (Å²) in [5.41, 5.74) is 6.02. The molecule has 0 spiro atoms. The molecule has 1 fully saturated rings. The summed E-state index contributed by atoms with van der Waals surface area (Å²) in [5, 5.41) is 0. The first kappa shape index (κ1) is 14.9. The standard InChI is InChI=1S/C15H20F2N2O/c1-10(18)14-4-2-3-7-19(14)15(20)9-11-8-12(16)5-6-13(11)17/h5-6,8,10,14H,2-4,7,9,18H2,1H3/t10-,14-/m1/s1. The number of piperidine rings is 1. The summed E-state index contributed by atoms with van der Waals surface area (Å²) in [6.45, 7) is 2.51. The molecule has 1 saturated heterocycles. The van der Waals surface area contributed by atoms with Gasteiger partial charge in [-0.15, -0.1) is 0 Å². The van der Waals surface area contributed by atoms with Gasteiger partial charge < -0.3 is 10.6 Å². The minimum absolute atomic E-state index is 0.00660. The van der Waals surface area contributed by atoms with Gasteiger partial charge in [0.1, 0.15) is 11.6 Å². The molecule has 5 heteroatoms. The largest absolute Gasteiger partial charge is 0.338 e. The van der Waals surface area contributed by atoms with Crippen LogP contribution in [-0.4, -0.2) is 29.4 Å². The molecule has 1 heterocycles. The first-order valence-electron chi connectivity index (χ1n) is 6.98. The average Bonchev–Trinajstić information content (AvgIpc) is 2.42. The van der Waals surface area contributed by atoms with E-state index in [0.717, 1.165) is 37.5 Å². The molecule has 0 aliphatic carbocycles. The summed E-state index contributed by atoms with van der Waals surface area (Å²) in [6, 6.07) is 3.06. The van der Waals surface area contributed by atoms with Crippen molar-refractivity contribution < 1.29 is 13.6 Å². The zero-order valence-corrected chi connectivity index (χ0v) is 11.6. The van der Waals surface area contributed by atoms with E-state index in [4.69, 9.17) is 5.73 Å². The number of carbonyl (C=O) groups is 1. The van der Waals surface area contributed by atoms with Crippen LogP contribution in [0.5, 0.6) is 0 Å². The van der Waals surface area contributed by atoms with Crippen molar-refractivity contribution in [3.8, 4) is 0 Å². The van der Waals surface area contributed by atoms with Gasteiger partial charge in [-0.3, -0.25) is 4.79 Å². The SMILES string of the molecule is C[C@@H](N)[C@H]1CCCCN1C(=O)Cc1cc(F)ccc1F. The number of halogens is 2. The van der Waals surface area contributed by atoms with Crippen LogP contribution >= 0.6 is 0 Å². The fourth-order valence-corrected chi connectivity index (χ4v) is 2.76. The maximum absolute atomic E-state index is 13.6. The minimum Gasteiger partial charge on any atom is -0.338 e. The molecule has 2 atom stereocenters. The third-order valence-electron chi connectivity index (χ3n) is 3.83. The highest BCUT2D eigenvalue weighted by atomic mass is 19.1. The van der Waals surface area contributed by atoms with E-state index in [1.165, 1.54) is 0 Å². The van der Waals surface area contributed by atoms with Crippen LogP contribution in [0.2, 0.25) is 0 Å². The van der Waals surface area contributed by atoms with E-state index < -0.39 is 11.6 Å². The zero-order valence-electron chi connectivity index (χ0n) is 11.6. The van der Waals surface area contributed by atoms with Crippen molar-refractivity contribution >= 4 is 5.91 Å². The Morgan fingerprint density at radius 3 is 2.90 bits per heavy atom. The predicted molar refractivity (Wildman–Crippen MR) is 73.1 cm³/mol. The van der Waals surface area contributed by atoms with Gasteiger partial charge in [-0.05, 0) is 44.4 Å². The molecule has 0 saturated carbocycles. The van der Waals surface area contributed by atoms with E-state index in [-0.39, 0.29) is 30.0 Å². The molecule has 1 aromatic rings. The molecule has 2 N–H and O–H groups in total. The van der Waals surface area contributed by atoms with Crippen molar-refractivity contribution in [1.82, 2.24) is 4.90 Å². The average molecular weight is 282 g/mol. The molecular formula is C15H20F2N2O. The van der Waals surface area contributed by atoms with Crippen molar-refractivity contribution in [3.05, 3.63) is 35.4 Å². The van der Waals surface area contributed by atoms with E-state index in [0.29, 0.717) is 6.54 Å². The number of nitrogens with two attached hydrogens (primary N) is 1. The minimum atomic E-state index is -0.547. The first-order valence-corrected chi connectivity index (χ1v) is 6.98. The van der Waals surface area contributed by atoms with Crippen molar-refractivity contribution in [3.63, 3.8) is 0 Å². The van der Waals surface area contributed by atoms with Gasteiger partial charge in [-0.2, -0.15) is 0 Å². The molecule has 1 aliphatic heterocycles. The van der Waals surface area contributed by atoms with Gasteiger partial charge in [0, 0.05) is 24.2 Å². The first-order chi connectivity index (χ1) is 9.49. The lowest BCUT2D eigenvalue weighted by molar-refractivity contribution is -0.134. The van der Waals surface area contributed by atoms with Crippen LogP contribution in [0.4, 0.5) is 8.78 Å². The second kappa shape index (κ2) is 6.31. The maximum atomic E-state index is 13.6. The molecule has 0 unspecified atom stereocenters. The van der Waals surface area contributed by atoms with Crippen LogP contribution in [0, 0.1) is 11.6 Å². The van der Waals surface area contributed by atoms with Crippen molar-refractivity contribution in [2.24, 2.45) is 5.73 Å². The Bertz CT molecular complexity index is 491. The summed E-state index contributed by atoms with van der Waals surface area (Å²) < 4.78 is 26.7.